The van der Waals surface area contributed by atoms with Gasteiger partial charge in [0.1, 0.15) is 0 Å². The fourth-order valence-corrected chi connectivity index (χ4v) is 1.68. The number of nitrogens with zero attached hydrogens (tertiary/aromatic N) is 3. The molecule has 2 aromatic rings. The lowest BCUT2D eigenvalue weighted by Gasteiger charge is -2.10. The molecule has 0 radical (unpaired) electrons. The van der Waals surface area contributed by atoms with E-state index in [-0.39, 0.29) is 6.03 Å². The predicted molar refractivity (Wildman–Crippen MR) is 75.3 cm³/mol. The lowest BCUT2D eigenvalue weighted by atomic mass is 10.1. The monoisotopic (exact) mass is 274 g/mol. The van der Waals surface area contributed by atoms with E-state index in [1.165, 1.54) is 4.90 Å². The van der Waals surface area contributed by atoms with Crippen LogP contribution in [0, 0.1) is 6.92 Å². The lowest BCUT2D eigenvalue weighted by Crippen LogP contribution is -2.35. The van der Waals surface area contributed by atoms with E-state index in [0.717, 1.165) is 11.1 Å². The van der Waals surface area contributed by atoms with Gasteiger partial charge in [-0.25, -0.2) is 4.79 Å². The minimum atomic E-state index is -0.136. The van der Waals surface area contributed by atoms with Crippen LogP contribution in [0.4, 0.5) is 4.79 Å². The molecular formula is C14H18N4O2. The number of nitrogens with one attached hydrogen (secondary N) is 1. The Bertz CT molecular complexity index is 592. The summed E-state index contributed by atoms with van der Waals surface area (Å²) in [6.45, 7) is 2.48. The Morgan fingerprint density at radius 3 is 2.85 bits per heavy atom. The molecule has 0 spiro atoms. The molecule has 0 saturated carbocycles. The molecule has 0 unspecified atom stereocenters. The van der Waals surface area contributed by atoms with Crippen LogP contribution in [0.15, 0.2) is 28.7 Å². The summed E-state index contributed by atoms with van der Waals surface area (Å²) in [4.78, 5) is 12.8. The zero-order valence-corrected chi connectivity index (χ0v) is 11.9. The molecule has 106 valence electrons. The number of aromatic nitrogens is 2. The van der Waals surface area contributed by atoms with Crippen molar-refractivity contribution in [2.24, 2.45) is 0 Å². The second-order valence-electron chi connectivity index (χ2n) is 4.75. The Balaban J connectivity index is 1.94. The number of rotatable bonds is 4. The fraction of sp³-hybridized carbons (Fsp3) is 0.357. The van der Waals surface area contributed by atoms with Gasteiger partial charge in [-0.2, -0.15) is 0 Å². The van der Waals surface area contributed by atoms with Crippen molar-refractivity contribution in [1.82, 2.24) is 20.4 Å². The molecule has 0 aliphatic carbocycles. The normalized spacial score (nSPS) is 10.3. The van der Waals surface area contributed by atoms with Crippen LogP contribution in [0.2, 0.25) is 0 Å². The first-order valence-corrected chi connectivity index (χ1v) is 6.41. The Morgan fingerprint density at radius 1 is 1.35 bits per heavy atom. The van der Waals surface area contributed by atoms with Gasteiger partial charge in [0.05, 0.1) is 0 Å². The van der Waals surface area contributed by atoms with Crippen LogP contribution in [0.25, 0.3) is 11.5 Å². The van der Waals surface area contributed by atoms with Crippen molar-refractivity contribution >= 4 is 6.03 Å². The summed E-state index contributed by atoms with van der Waals surface area (Å²) in [5.41, 5.74) is 2.04. The number of aryl methyl sites for hydroxylation is 1. The Morgan fingerprint density at radius 2 is 2.15 bits per heavy atom. The zero-order valence-electron chi connectivity index (χ0n) is 11.9. The van der Waals surface area contributed by atoms with E-state index in [9.17, 15) is 4.79 Å². The summed E-state index contributed by atoms with van der Waals surface area (Å²) < 4.78 is 5.58. The van der Waals surface area contributed by atoms with E-state index in [0.29, 0.717) is 24.7 Å². The van der Waals surface area contributed by atoms with Crippen molar-refractivity contribution in [3.63, 3.8) is 0 Å². The third-order valence-corrected chi connectivity index (χ3v) is 2.75. The third-order valence-electron chi connectivity index (χ3n) is 2.75. The average Bonchev–Trinajstić information content (AvgIpc) is 2.87. The molecule has 2 amide bonds. The van der Waals surface area contributed by atoms with E-state index in [2.05, 4.69) is 15.5 Å². The van der Waals surface area contributed by atoms with Crippen molar-refractivity contribution in [2.45, 2.75) is 13.3 Å². The largest absolute Gasteiger partial charge is 0.421 e. The van der Waals surface area contributed by atoms with Gasteiger partial charge in [0, 0.05) is 32.6 Å². The van der Waals surface area contributed by atoms with Gasteiger partial charge in [0.2, 0.25) is 11.8 Å². The van der Waals surface area contributed by atoms with E-state index >= 15 is 0 Å². The van der Waals surface area contributed by atoms with Gasteiger partial charge in [0.25, 0.3) is 0 Å². The summed E-state index contributed by atoms with van der Waals surface area (Å²) in [7, 11) is 3.38. The fourth-order valence-electron chi connectivity index (χ4n) is 1.68. The number of hydrogen-bond donors (Lipinski definition) is 1. The van der Waals surface area contributed by atoms with Crippen molar-refractivity contribution in [1.29, 1.82) is 0 Å². The molecule has 0 saturated heterocycles. The average molecular weight is 274 g/mol. The minimum Gasteiger partial charge on any atom is -0.421 e. The van der Waals surface area contributed by atoms with Crippen molar-refractivity contribution < 1.29 is 9.21 Å². The van der Waals surface area contributed by atoms with Crippen LogP contribution in [-0.2, 0) is 6.42 Å². The standard InChI is InChI=1S/C14H18N4O2/c1-10-5-4-6-11(9-10)13-17-16-12(20-13)7-8-15-14(19)18(2)3/h4-6,9H,7-8H2,1-3H3,(H,15,19). The minimum absolute atomic E-state index is 0.136. The van der Waals surface area contributed by atoms with Gasteiger partial charge < -0.3 is 14.6 Å². The maximum Gasteiger partial charge on any atom is 0.316 e. The number of benzene rings is 1. The molecule has 0 bridgehead atoms. The summed E-state index contributed by atoms with van der Waals surface area (Å²) in [5, 5.41) is 10.8. The lowest BCUT2D eigenvalue weighted by molar-refractivity contribution is 0.217. The molecule has 0 atom stereocenters. The van der Waals surface area contributed by atoms with E-state index in [4.69, 9.17) is 4.42 Å². The van der Waals surface area contributed by atoms with E-state index in [1.54, 1.807) is 14.1 Å². The van der Waals surface area contributed by atoms with Gasteiger partial charge in [-0.1, -0.05) is 17.7 Å². The molecule has 1 N–H and O–H groups in total. The quantitative estimate of drug-likeness (QED) is 0.923. The maximum absolute atomic E-state index is 11.3. The van der Waals surface area contributed by atoms with Crippen LogP contribution in [0.5, 0.6) is 0 Å². The molecule has 20 heavy (non-hydrogen) atoms. The number of carbonyl (C=O) groups is 1. The summed E-state index contributed by atoms with van der Waals surface area (Å²) >= 11 is 0. The zero-order chi connectivity index (χ0) is 14.5. The molecule has 0 aliphatic rings. The first-order chi connectivity index (χ1) is 9.56. The van der Waals surface area contributed by atoms with Crippen molar-refractivity contribution in [2.75, 3.05) is 20.6 Å². The van der Waals surface area contributed by atoms with Gasteiger partial charge in [0.15, 0.2) is 0 Å². The molecule has 1 aromatic heterocycles. The molecule has 1 heterocycles. The van der Waals surface area contributed by atoms with Gasteiger partial charge in [-0.3, -0.25) is 0 Å². The highest BCUT2D eigenvalue weighted by molar-refractivity contribution is 5.73. The number of urea groups is 1. The SMILES string of the molecule is Cc1cccc(-c2nnc(CCNC(=O)N(C)C)o2)c1. The number of carbonyl (C=O) groups excluding carboxylic acids is 1. The van der Waals surface area contributed by atoms with Crippen LogP contribution in [0.1, 0.15) is 11.5 Å². The Labute approximate surface area is 117 Å². The smallest absolute Gasteiger partial charge is 0.316 e. The molecule has 0 aliphatic heterocycles. The molecule has 2 rings (SSSR count). The maximum atomic E-state index is 11.3. The first-order valence-electron chi connectivity index (χ1n) is 6.41. The van der Waals surface area contributed by atoms with E-state index < -0.39 is 0 Å². The molecular weight excluding hydrogens is 256 g/mol. The van der Waals surface area contributed by atoms with Gasteiger partial charge in [-0.05, 0) is 19.1 Å². The Kier molecular flexibility index (Phi) is 4.34. The number of hydrogen-bond acceptors (Lipinski definition) is 4. The second-order valence-corrected chi connectivity index (χ2v) is 4.75. The summed E-state index contributed by atoms with van der Waals surface area (Å²) in [5.74, 6) is 1.02. The predicted octanol–water partition coefficient (Wildman–Crippen LogP) is 1.86. The molecule has 0 fully saturated rings. The highest BCUT2D eigenvalue weighted by Crippen LogP contribution is 2.18. The Hall–Kier alpha value is -2.37. The van der Waals surface area contributed by atoms with Crippen LogP contribution in [-0.4, -0.2) is 41.8 Å². The van der Waals surface area contributed by atoms with Crippen LogP contribution >= 0.6 is 0 Å². The number of amides is 2. The van der Waals surface area contributed by atoms with Gasteiger partial charge in [-0.15, -0.1) is 10.2 Å². The van der Waals surface area contributed by atoms with Crippen molar-refractivity contribution in [3.8, 4) is 11.5 Å². The summed E-state index contributed by atoms with van der Waals surface area (Å²) in [6, 6.07) is 7.75. The molecule has 6 nitrogen and oxygen atoms in total. The molecule has 6 heteroatoms. The van der Waals surface area contributed by atoms with E-state index in [1.807, 2.05) is 31.2 Å². The third kappa shape index (κ3) is 3.57. The van der Waals surface area contributed by atoms with Gasteiger partial charge >= 0.3 is 6.03 Å². The van der Waals surface area contributed by atoms with Crippen LogP contribution in [0.3, 0.4) is 0 Å². The van der Waals surface area contributed by atoms with Crippen LogP contribution < -0.4 is 5.32 Å². The van der Waals surface area contributed by atoms with Crippen molar-refractivity contribution in [3.05, 3.63) is 35.7 Å². The topological polar surface area (TPSA) is 71.3 Å². The highest BCUT2D eigenvalue weighted by atomic mass is 16.4. The second kappa shape index (κ2) is 6.18. The summed E-state index contributed by atoms with van der Waals surface area (Å²) in [6.07, 6.45) is 0.512. The first kappa shape index (κ1) is 14.0. The molecule has 1 aromatic carbocycles. The highest BCUT2D eigenvalue weighted by Gasteiger charge is 2.09.